The van der Waals surface area contributed by atoms with Gasteiger partial charge in [0.05, 0.1) is 10.6 Å². The van der Waals surface area contributed by atoms with Crippen LogP contribution in [0.1, 0.15) is 12.6 Å². The number of rotatable bonds is 2. The maximum absolute atomic E-state index is 11.5. The van der Waals surface area contributed by atoms with Crippen molar-refractivity contribution in [1.29, 1.82) is 0 Å². The van der Waals surface area contributed by atoms with Gasteiger partial charge in [-0.15, -0.1) is 0 Å². The zero-order chi connectivity index (χ0) is 14.8. The minimum atomic E-state index is -0.374. The number of aromatic nitrogens is 2. The number of amides is 2. The van der Waals surface area contributed by atoms with E-state index in [4.69, 9.17) is 0 Å². The van der Waals surface area contributed by atoms with E-state index in [0.29, 0.717) is 22.6 Å². The van der Waals surface area contributed by atoms with Gasteiger partial charge in [-0.25, -0.2) is 9.97 Å². The van der Waals surface area contributed by atoms with Crippen LogP contribution >= 0.6 is 11.8 Å². The highest BCUT2D eigenvalue weighted by molar-refractivity contribution is 8.18. The largest absolute Gasteiger partial charge is 0.338 e. The summed E-state index contributed by atoms with van der Waals surface area (Å²) in [4.78, 5) is 33.9. The molecule has 8 heteroatoms. The molecule has 3 rings (SSSR count). The number of anilines is 1. The first-order valence-corrected chi connectivity index (χ1v) is 7.50. The van der Waals surface area contributed by atoms with Crippen molar-refractivity contribution in [2.75, 3.05) is 24.5 Å². The third-order valence-electron chi connectivity index (χ3n) is 3.24. The maximum atomic E-state index is 11.5. The summed E-state index contributed by atoms with van der Waals surface area (Å²) in [6.45, 7) is 4.69. The van der Waals surface area contributed by atoms with Gasteiger partial charge in [-0.1, -0.05) is 0 Å². The fourth-order valence-electron chi connectivity index (χ4n) is 2.26. The predicted octanol–water partition coefficient (Wildman–Crippen LogP) is 0.599. The minimum absolute atomic E-state index is 0.351. The molecule has 0 saturated carbocycles. The Labute approximate surface area is 126 Å². The number of piperazine rings is 1. The lowest BCUT2D eigenvalue weighted by atomic mass is 10.2. The number of carbonyl (C=O) groups excluding carboxylic acids is 2. The van der Waals surface area contributed by atoms with Crippen molar-refractivity contribution in [3.63, 3.8) is 0 Å². The molecule has 1 unspecified atom stereocenters. The van der Waals surface area contributed by atoms with Crippen LogP contribution in [0.5, 0.6) is 0 Å². The first-order valence-electron chi connectivity index (χ1n) is 6.68. The van der Waals surface area contributed by atoms with Gasteiger partial charge in [0.1, 0.15) is 0 Å². The quantitative estimate of drug-likeness (QED) is 0.774. The Kier molecular flexibility index (Phi) is 3.89. The molecule has 0 radical (unpaired) electrons. The predicted molar refractivity (Wildman–Crippen MR) is 80.8 cm³/mol. The molecule has 2 saturated heterocycles. The van der Waals surface area contributed by atoms with E-state index >= 15 is 0 Å². The van der Waals surface area contributed by atoms with Crippen molar-refractivity contribution < 1.29 is 9.59 Å². The zero-order valence-corrected chi connectivity index (χ0v) is 12.3. The number of hydrogen-bond donors (Lipinski definition) is 2. The summed E-state index contributed by atoms with van der Waals surface area (Å²) in [6, 6.07) is 2.11. The normalized spacial score (nSPS) is 24.5. The molecule has 2 N–H and O–H groups in total. The summed E-state index contributed by atoms with van der Waals surface area (Å²) < 4.78 is 0. The molecule has 2 aliphatic rings. The molecule has 2 amide bonds. The lowest BCUT2D eigenvalue weighted by molar-refractivity contribution is -0.115. The first kappa shape index (κ1) is 14.0. The molecule has 7 nitrogen and oxygen atoms in total. The van der Waals surface area contributed by atoms with Gasteiger partial charge in [0.2, 0.25) is 5.95 Å². The van der Waals surface area contributed by atoms with Gasteiger partial charge in [-0.2, -0.15) is 0 Å². The van der Waals surface area contributed by atoms with Crippen LogP contribution in [-0.2, 0) is 4.79 Å². The zero-order valence-electron chi connectivity index (χ0n) is 11.5. The van der Waals surface area contributed by atoms with Gasteiger partial charge in [-0.05, 0) is 30.8 Å². The minimum Gasteiger partial charge on any atom is -0.338 e. The van der Waals surface area contributed by atoms with Crippen LogP contribution < -0.4 is 15.5 Å². The second-order valence-corrected chi connectivity index (χ2v) is 5.95. The number of nitrogens with one attached hydrogen (secondary N) is 2. The Morgan fingerprint density at radius 2 is 2.33 bits per heavy atom. The lowest BCUT2D eigenvalue weighted by Crippen LogP contribution is -2.49. The van der Waals surface area contributed by atoms with E-state index < -0.39 is 0 Å². The Hall–Kier alpha value is -1.93. The third-order valence-corrected chi connectivity index (χ3v) is 4.05. The summed E-state index contributed by atoms with van der Waals surface area (Å²) in [7, 11) is 0. The molecule has 0 aliphatic carbocycles. The number of imide groups is 1. The average Bonchev–Trinajstić information content (AvgIpc) is 2.77. The molecule has 0 bridgehead atoms. The Morgan fingerprint density at radius 1 is 1.48 bits per heavy atom. The van der Waals surface area contributed by atoms with Crippen LogP contribution in [-0.4, -0.2) is 46.8 Å². The summed E-state index contributed by atoms with van der Waals surface area (Å²) in [5, 5.41) is 5.24. The lowest BCUT2D eigenvalue weighted by Gasteiger charge is -2.31. The molecular weight excluding hydrogens is 290 g/mol. The number of carbonyl (C=O) groups is 2. The van der Waals surface area contributed by atoms with Crippen LogP contribution in [0.15, 0.2) is 17.2 Å². The molecule has 1 aromatic heterocycles. The molecule has 1 aromatic rings. The van der Waals surface area contributed by atoms with E-state index in [9.17, 15) is 9.59 Å². The number of hydrogen-bond acceptors (Lipinski definition) is 7. The summed E-state index contributed by atoms with van der Waals surface area (Å²) in [5.41, 5.74) is 0.624. The van der Waals surface area contributed by atoms with Crippen LogP contribution in [0.25, 0.3) is 6.08 Å². The SMILES string of the molecule is CC1CN(c2nccc(/C=C3\SC(=O)NC3=O)n2)CCN1. The van der Waals surface area contributed by atoms with Gasteiger partial charge in [0.25, 0.3) is 11.1 Å². The summed E-state index contributed by atoms with van der Waals surface area (Å²) in [6.07, 6.45) is 3.28. The van der Waals surface area contributed by atoms with Crippen LogP contribution in [0.4, 0.5) is 10.7 Å². The van der Waals surface area contributed by atoms with Crippen molar-refractivity contribution in [3.8, 4) is 0 Å². The first-order chi connectivity index (χ1) is 10.1. The number of thioether (sulfide) groups is 1. The van der Waals surface area contributed by atoms with Crippen LogP contribution in [0, 0.1) is 0 Å². The highest BCUT2D eigenvalue weighted by Crippen LogP contribution is 2.25. The molecule has 110 valence electrons. The van der Waals surface area contributed by atoms with Crippen molar-refractivity contribution in [2.45, 2.75) is 13.0 Å². The fraction of sp³-hybridized carbons (Fsp3) is 0.385. The fourth-order valence-corrected chi connectivity index (χ4v) is 2.93. The van der Waals surface area contributed by atoms with Gasteiger partial charge in [0, 0.05) is 31.9 Å². The van der Waals surface area contributed by atoms with E-state index in [1.165, 1.54) is 0 Å². The van der Waals surface area contributed by atoms with Crippen molar-refractivity contribution in [3.05, 3.63) is 22.9 Å². The molecule has 2 aliphatic heterocycles. The highest BCUT2D eigenvalue weighted by atomic mass is 32.2. The van der Waals surface area contributed by atoms with E-state index in [0.717, 1.165) is 31.4 Å². The second-order valence-electron chi connectivity index (χ2n) is 4.93. The van der Waals surface area contributed by atoms with Crippen LogP contribution in [0.2, 0.25) is 0 Å². The third kappa shape index (κ3) is 3.22. The van der Waals surface area contributed by atoms with E-state index in [1.807, 2.05) is 0 Å². The molecular formula is C13H15N5O2S. The van der Waals surface area contributed by atoms with Crippen molar-refractivity contribution in [1.82, 2.24) is 20.6 Å². The van der Waals surface area contributed by atoms with Crippen molar-refractivity contribution >= 4 is 34.9 Å². The smallest absolute Gasteiger partial charge is 0.290 e. The Bertz CT molecular complexity index is 618. The van der Waals surface area contributed by atoms with E-state index in [-0.39, 0.29) is 11.1 Å². The topological polar surface area (TPSA) is 87.2 Å². The van der Waals surface area contributed by atoms with Gasteiger partial charge >= 0.3 is 0 Å². The molecule has 21 heavy (non-hydrogen) atoms. The van der Waals surface area contributed by atoms with E-state index in [1.54, 1.807) is 18.3 Å². The van der Waals surface area contributed by atoms with Gasteiger partial charge in [-0.3, -0.25) is 14.9 Å². The summed E-state index contributed by atoms with van der Waals surface area (Å²) >= 11 is 0.888. The van der Waals surface area contributed by atoms with Crippen LogP contribution in [0.3, 0.4) is 0 Å². The van der Waals surface area contributed by atoms with Crippen molar-refractivity contribution in [2.24, 2.45) is 0 Å². The van der Waals surface area contributed by atoms with Gasteiger partial charge in [0.15, 0.2) is 0 Å². The second kappa shape index (κ2) is 5.82. The molecule has 0 spiro atoms. The maximum Gasteiger partial charge on any atom is 0.290 e. The molecule has 3 heterocycles. The standard InChI is InChI=1S/C13H15N5O2S/c1-8-7-18(5-4-14-8)12-15-3-2-9(16-12)6-10-11(19)17-13(20)21-10/h2-3,6,8,14H,4-5,7H2,1H3,(H,17,19,20)/b10-6-. The number of nitrogens with zero attached hydrogens (tertiary/aromatic N) is 3. The Morgan fingerprint density at radius 3 is 3.05 bits per heavy atom. The molecule has 2 fully saturated rings. The average molecular weight is 305 g/mol. The molecule has 1 atom stereocenters. The van der Waals surface area contributed by atoms with Gasteiger partial charge < -0.3 is 10.2 Å². The highest BCUT2D eigenvalue weighted by Gasteiger charge is 2.25. The van der Waals surface area contributed by atoms with E-state index in [2.05, 4.69) is 32.4 Å². The monoisotopic (exact) mass is 305 g/mol. The summed E-state index contributed by atoms with van der Waals surface area (Å²) in [5.74, 6) is 0.272. The Balaban J connectivity index is 1.82. The molecule has 0 aromatic carbocycles.